The van der Waals surface area contributed by atoms with E-state index < -0.39 is 10.0 Å². The van der Waals surface area contributed by atoms with Crippen LogP contribution in [0.15, 0.2) is 41.6 Å². The van der Waals surface area contributed by atoms with Crippen LogP contribution in [0.1, 0.15) is 11.4 Å². The average Bonchev–Trinajstić information content (AvgIpc) is 2.37. The lowest BCUT2D eigenvalue weighted by Crippen LogP contribution is -2.23. The van der Waals surface area contributed by atoms with Crippen molar-refractivity contribution in [1.82, 2.24) is 14.7 Å². The van der Waals surface area contributed by atoms with Crippen molar-refractivity contribution in [2.75, 3.05) is 0 Å². The van der Waals surface area contributed by atoms with Crippen molar-refractivity contribution >= 4 is 21.6 Å². The van der Waals surface area contributed by atoms with E-state index in [-0.39, 0.29) is 11.4 Å². The number of hydrogen-bond acceptors (Lipinski definition) is 4. The summed E-state index contributed by atoms with van der Waals surface area (Å²) < 4.78 is 26.5. The highest BCUT2D eigenvalue weighted by Crippen LogP contribution is 2.14. The van der Waals surface area contributed by atoms with Gasteiger partial charge < -0.3 is 0 Å². The molecule has 0 atom stereocenters. The molecular weight excluding hydrogens is 286 g/mol. The monoisotopic (exact) mass is 297 g/mol. The summed E-state index contributed by atoms with van der Waals surface area (Å²) in [6.45, 7) is 1.94. The maximum absolute atomic E-state index is 12.0. The number of halogens is 1. The third kappa shape index (κ3) is 3.73. The molecule has 2 rings (SSSR count). The number of rotatable bonds is 4. The van der Waals surface area contributed by atoms with Crippen molar-refractivity contribution in [3.63, 3.8) is 0 Å². The van der Waals surface area contributed by atoms with Crippen LogP contribution in [-0.4, -0.2) is 18.4 Å². The topological polar surface area (TPSA) is 72.0 Å². The third-order valence-electron chi connectivity index (χ3n) is 2.43. The Kier molecular flexibility index (Phi) is 4.14. The lowest BCUT2D eigenvalue weighted by molar-refractivity contribution is 0.580. The molecule has 0 fully saturated rings. The fourth-order valence-electron chi connectivity index (χ4n) is 1.47. The van der Waals surface area contributed by atoms with Gasteiger partial charge in [0.2, 0.25) is 10.0 Å². The predicted octanol–water partition coefficient (Wildman–Crippen LogP) is 1.92. The van der Waals surface area contributed by atoms with Crippen molar-refractivity contribution < 1.29 is 8.42 Å². The van der Waals surface area contributed by atoms with Gasteiger partial charge in [-0.05, 0) is 37.3 Å². The van der Waals surface area contributed by atoms with E-state index in [0.717, 1.165) is 5.69 Å². The van der Waals surface area contributed by atoms with Gasteiger partial charge in [0.1, 0.15) is 6.33 Å². The maximum atomic E-state index is 12.0. The molecule has 2 aromatic rings. The first-order chi connectivity index (χ1) is 8.97. The third-order valence-corrected chi connectivity index (χ3v) is 4.10. The number of nitrogens with zero attached hydrogens (tertiary/aromatic N) is 2. The van der Waals surface area contributed by atoms with Gasteiger partial charge in [-0.3, -0.25) is 0 Å². The maximum Gasteiger partial charge on any atom is 0.240 e. The van der Waals surface area contributed by atoms with Crippen LogP contribution in [0.5, 0.6) is 0 Å². The molecule has 0 radical (unpaired) electrons. The van der Waals surface area contributed by atoms with Gasteiger partial charge in [0.05, 0.1) is 17.1 Å². The van der Waals surface area contributed by atoms with Gasteiger partial charge >= 0.3 is 0 Å². The van der Waals surface area contributed by atoms with Gasteiger partial charge in [-0.25, -0.2) is 23.1 Å². The molecule has 5 nitrogen and oxygen atoms in total. The zero-order valence-electron chi connectivity index (χ0n) is 10.2. The Morgan fingerprint density at radius 2 is 1.89 bits per heavy atom. The van der Waals surface area contributed by atoms with E-state index in [2.05, 4.69) is 14.7 Å². The van der Waals surface area contributed by atoms with Crippen LogP contribution in [0.4, 0.5) is 0 Å². The lowest BCUT2D eigenvalue weighted by Gasteiger charge is -2.06. The Bertz CT molecular complexity index is 672. The highest BCUT2D eigenvalue weighted by molar-refractivity contribution is 7.89. The Morgan fingerprint density at radius 3 is 2.53 bits per heavy atom. The van der Waals surface area contributed by atoms with Crippen LogP contribution in [0, 0.1) is 6.92 Å². The minimum absolute atomic E-state index is 0.119. The molecule has 0 aliphatic carbocycles. The first-order valence-corrected chi connectivity index (χ1v) is 7.36. The second-order valence-corrected chi connectivity index (χ2v) is 6.13. The zero-order valence-corrected chi connectivity index (χ0v) is 11.7. The first-order valence-electron chi connectivity index (χ1n) is 5.50. The summed E-state index contributed by atoms with van der Waals surface area (Å²) in [5.41, 5.74) is 1.40. The second kappa shape index (κ2) is 5.64. The summed E-state index contributed by atoms with van der Waals surface area (Å²) >= 11 is 5.72. The molecule has 7 heteroatoms. The lowest BCUT2D eigenvalue weighted by atomic mass is 10.3. The molecule has 0 saturated heterocycles. The Balaban J connectivity index is 2.12. The van der Waals surface area contributed by atoms with Crippen LogP contribution >= 0.6 is 11.6 Å². The van der Waals surface area contributed by atoms with Crippen molar-refractivity contribution in [2.45, 2.75) is 18.4 Å². The van der Waals surface area contributed by atoms with E-state index in [9.17, 15) is 8.42 Å². The van der Waals surface area contributed by atoms with E-state index in [1.54, 1.807) is 6.07 Å². The Morgan fingerprint density at radius 1 is 1.21 bits per heavy atom. The molecule has 1 N–H and O–H groups in total. The van der Waals surface area contributed by atoms with E-state index in [0.29, 0.717) is 10.7 Å². The number of benzene rings is 1. The van der Waals surface area contributed by atoms with Crippen LogP contribution in [-0.2, 0) is 16.6 Å². The molecule has 0 spiro atoms. The average molecular weight is 298 g/mol. The highest BCUT2D eigenvalue weighted by atomic mass is 35.5. The molecule has 0 amide bonds. The van der Waals surface area contributed by atoms with Crippen LogP contribution < -0.4 is 4.72 Å². The predicted molar refractivity (Wildman–Crippen MR) is 72.2 cm³/mol. The van der Waals surface area contributed by atoms with E-state index >= 15 is 0 Å². The van der Waals surface area contributed by atoms with E-state index in [1.807, 2.05) is 6.92 Å². The van der Waals surface area contributed by atoms with E-state index in [4.69, 9.17) is 11.6 Å². The van der Waals surface area contributed by atoms with Crippen LogP contribution in [0.2, 0.25) is 5.02 Å². The van der Waals surface area contributed by atoms with Gasteiger partial charge in [-0.2, -0.15) is 0 Å². The minimum atomic E-state index is -3.56. The number of aryl methyl sites for hydroxylation is 1. The summed E-state index contributed by atoms with van der Waals surface area (Å²) in [5.74, 6) is 0. The van der Waals surface area contributed by atoms with Crippen molar-refractivity contribution in [3.8, 4) is 0 Å². The normalized spacial score (nSPS) is 11.5. The van der Waals surface area contributed by atoms with Gasteiger partial charge in [0.15, 0.2) is 0 Å². The van der Waals surface area contributed by atoms with Gasteiger partial charge in [0, 0.05) is 10.7 Å². The zero-order chi connectivity index (χ0) is 13.9. The molecule has 0 unspecified atom stereocenters. The molecule has 0 bridgehead atoms. The largest absolute Gasteiger partial charge is 0.242 e. The Hall–Kier alpha value is -1.50. The summed E-state index contributed by atoms with van der Waals surface area (Å²) in [7, 11) is -3.56. The smallest absolute Gasteiger partial charge is 0.240 e. The SMILES string of the molecule is Cc1cc(CNS(=O)(=O)c2ccc(Cl)cc2)ncn1. The summed E-state index contributed by atoms with van der Waals surface area (Å²) in [6.07, 6.45) is 1.40. The molecule has 1 aromatic carbocycles. The number of hydrogen-bond donors (Lipinski definition) is 1. The fraction of sp³-hybridized carbons (Fsp3) is 0.167. The van der Waals surface area contributed by atoms with Crippen molar-refractivity contribution in [2.24, 2.45) is 0 Å². The molecule has 1 aromatic heterocycles. The first kappa shape index (κ1) is 13.9. The number of nitrogens with one attached hydrogen (secondary N) is 1. The van der Waals surface area contributed by atoms with Gasteiger partial charge in [-0.15, -0.1) is 0 Å². The highest BCUT2D eigenvalue weighted by Gasteiger charge is 2.13. The summed E-state index contributed by atoms with van der Waals surface area (Å²) in [6, 6.07) is 7.70. The number of sulfonamides is 1. The van der Waals surface area contributed by atoms with Crippen LogP contribution in [0.3, 0.4) is 0 Å². The van der Waals surface area contributed by atoms with Crippen molar-refractivity contribution in [1.29, 1.82) is 0 Å². The fourth-order valence-corrected chi connectivity index (χ4v) is 2.60. The molecule has 0 aliphatic rings. The van der Waals surface area contributed by atoms with Crippen molar-refractivity contribution in [3.05, 3.63) is 53.1 Å². The molecule has 19 heavy (non-hydrogen) atoms. The van der Waals surface area contributed by atoms with Gasteiger partial charge in [0.25, 0.3) is 0 Å². The molecule has 0 aliphatic heterocycles. The van der Waals surface area contributed by atoms with E-state index in [1.165, 1.54) is 30.6 Å². The Labute approximate surface area is 116 Å². The number of aromatic nitrogens is 2. The summed E-state index contributed by atoms with van der Waals surface area (Å²) in [4.78, 5) is 8.11. The molecule has 1 heterocycles. The second-order valence-electron chi connectivity index (χ2n) is 3.93. The molecule has 0 saturated carbocycles. The molecular formula is C12H12ClN3O2S. The minimum Gasteiger partial charge on any atom is -0.242 e. The standard InChI is InChI=1S/C12H12ClN3O2S/c1-9-6-11(15-8-14-9)7-16-19(17,18)12-4-2-10(13)3-5-12/h2-6,8,16H,7H2,1H3. The van der Waals surface area contributed by atoms with Crippen LogP contribution in [0.25, 0.3) is 0 Å². The molecule has 100 valence electrons. The summed E-state index contributed by atoms with van der Waals surface area (Å²) in [5, 5.41) is 0.491. The quantitative estimate of drug-likeness (QED) is 0.936. The van der Waals surface area contributed by atoms with Gasteiger partial charge in [-0.1, -0.05) is 11.6 Å².